The van der Waals surface area contributed by atoms with E-state index in [9.17, 15) is 22.8 Å². The molecule has 0 aromatic heterocycles. The minimum Gasteiger partial charge on any atom is -0.484 e. The molecule has 4 aliphatic carbocycles. The van der Waals surface area contributed by atoms with Gasteiger partial charge in [0, 0.05) is 18.0 Å². The van der Waals surface area contributed by atoms with Gasteiger partial charge < -0.3 is 25.4 Å². The van der Waals surface area contributed by atoms with Gasteiger partial charge in [0.2, 0.25) is 5.91 Å². The Hall–Kier alpha value is -2.59. The zero-order valence-corrected chi connectivity index (χ0v) is 19.2. The van der Waals surface area contributed by atoms with Crippen molar-refractivity contribution in [1.82, 2.24) is 16.0 Å². The van der Waals surface area contributed by atoms with Gasteiger partial charge in [-0.3, -0.25) is 9.59 Å². The first-order valence-electron chi connectivity index (χ1n) is 10.6. The Bertz CT molecular complexity index is 1130. The summed E-state index contributed by atoms with van der Waals surface area (Å²) in [6.07, 6.45) is -1.44. The van der Waals surface area contributed by atoms with Gasteiger partial charge >= 0.3 is 6.36 Å². The molecule has 1 aliphatic heterocycles. The second-order valence-electron chi connectivity index (χ2n) is 9.16. The molecule has 1 unspecified atom stereocenters. The highest BCUT2D eigenvalue weighted by atomic mass is 35.5. The quantitative estimate of drug-likeness (QED) is 0.510. The van der Waals surface area contributed by atoms with Crippen LogP contribution in [0.3, 0.4) is 0 Å². The summed E-state index contributed by atoms with van der Waals surface area (Å²) in [5, 5.41) is 9.47. The highest BCUT2D eigenvalue weighted by molar-refractivity contribution is 6.42. The van der Waals surface area contributed by atoms with Crippen molar-refractivity contribution in [3.05, 3.63) is 51.3 Å². The van der Waals surface area contributed by atoms with E-state index in [2.05, 4.69) is 20.7 Å². The van der Waals surface area contributed by atoms with Gasteiger partial charge in [-0.05, 0) is 49.5 Å². The van der Waals surface area contributed by atoms with E-state index >= 15 is 0 Å². The van der Waals surface area contributed by atoms with E-state index in [0.717, 1.165) is 0 Å². The Morgan fingerprint density at radius 3 is 2.59 bits per heavy atom. The summed E-state index contributed by atoms with van der Waals surface area (Å²) in [5.74, 6) is -0.319. The summed E-state index contributed by atoms with van der Waals surface area (Å²) >= 11 is 11.8. The number of carbonyl (C=O) groups excluding carboxylic acids is 2. The molecule has 182 valence electrons. The number of ether oxygens (including phenoxy) is 2. The number of rotatable bonds is 7. The van der Waals surface area contributed by atoms with Crippen molar-refractivity contribution >= 4 is 35.0 Å². The van der Waals surface area contributed by atoms with Crippen LogP contribution in [0.1, 0.15) is 32.1 Å². The summed E-state index contributed by atoms with van der Waals surface area (Å²) < 4.78 is 46.8. The molecule has 4 fully saturated rings. The molecule has 3 N–H and O–H groups in total. The maximum absolute atomic E-state index is 13.0. The predicted molar refractivity (Wildman–Crippen MR) is 116 cm³/mol. The van der Waals surface area contributed by atoms with E-state index < -0.39 is 23.5 Å². The molecule has 1 heterocycles. The zero-order valence-electron chi connectivity index (χ0n) is 17.7. The number of carbonyl (C=O) groups is 2. The summed E-state index contributed by atoms with van der Waals surface area (Å²) in [6.45, 7) is -0.198. The fourth-order valence-corrected chi connectivity index (χ4v) is 5.64. The molecule has 0 spiro atoms. The smallest absolute Gasteiger partial charge is 0.484 e. The highest BCUT2D eigenvalue weighted by Crippen LogP contribution is 2.61. The van der Waals surface area contributed by atoms with Crippen LogP contribution in [0.25, 0.3) is 0 Å². The second-order valence-corrected chi connectivity index (χ2v) is 9.98. The lowest BCUT2D eigenvalue weighted by Crippen LogP contribution is -2.61. The van der Waals surface area contributed by atoms with E-state index in [1.54, 1.807) is 12.1 Å². The number of hydrogen-bond acceptors (Lipinski definition) is 5. The Kier molecular flexibility index (Phi) is 5.44. The SMILES string of the molecule is O=C(COc1ccc(Cl)c(Cl)c1)NC12CCC(C(=O)NC3NC4=C(OC(F)(F)F)C=C3C4)(C1)C2. The molecule has 4 bridgehead atoms. The lowest BCUT2D eigenvalue weighted by Gasteiger charge is -2.46. The molecular weight excluding hydrogens is 498 g/mol. The molecule has 34 heavy (non-hydrogen) atoms. The van der Waals surface area contributed by atoms with Crippen LogP contribution >= 0.6 is 23.2 Å². The average Bonchev–Trinajstić information content (AvgIpc) is 3.47. The van der Waals surface area contributed by atoms with Gasteiger partial charge in [0.1, 0.15) is 17.7 Å². The van der Waals surface area contributed by atoms with Crippen molar-refractivity contribution in [1.29, 1.82) is 0 Å². The molecule has 7 nitrogen and oxygen atoms in total. The van der Waals surface area contributed by atoms with E-state index in [1.165, 1.54) is 12.1 Å². The van der Waals surface area contributed by atoms with Crippen LogP contribution in [0.2, 0.25) is 10.0 Å². The van der Waals surface area contributed by atoms with Gasteiger partial charge in [-0.2, -0.15) is 0 Å². The second kappa shape index (κ2) is 7.98. The molecule has 5 aliphatic rings. The number of allylic oxidation sites excluding steroid dienone is 2. The topological polar surface area (TPSA) is 88.7 Å². The Balaban J connectivity index is 1.11. The van der Waals surface area contributed by atoms with Crippen LogP contribution in [0.4, 0.5) is 13.2 Å². The van der Waals surface area contributed by atoms with E-state index in [4.69, 9.17) is 27.9 Å². The van der Waals surface area contributed by atoms with Crippen molar-refractivity contribution in [2.75, 3.05) is 6.61 Å². The Labute approximate surface area is 202 Å². The van der Waals surface area contributed by atoms with E-state index in [-0.39, 0.29) is 30.6 Å². The normalized spacial score (nSPS) is 28.7. The van der Waals surface area contributed by atoms with Gasteiger partial charge in [0.05, 0.1) is 21.2 Å². The third-order valence-electron chi connectivity index (χ3n) is 6.77. The molecule has 1 saturated heterocycles. The zero-order chi connectivity index (χ0) is 24.3. The Morgan fingerprint density at radius 2 is 1.94 bits per heavy atom. The van der Waals surface area contributed by atoms with Crippen LogP contribution in [-0.4, -0.2) is 36.5 Å². The largest absolute Gasteiger partial charge is 0.573 e. The minimum absolute atomic E-state index is 0.174. The number of nitrogens with one attached hydrogen (secondary N) is 3. The van der Waals surface area contributed by atoms with Gasteiger partial charge in [-0.1, -0.05) is 23.2 Å². The number of hydrogen-bond donors (Lipinski definition) is 3. The van der Waals surface area contributed by atoms with Crippen molar-refractivity contribution in [2.45, 2.75) is 50.2 Å². The first-order valence-corrected chi connectivity index (χ1v) is 11.4. The molecular formula is C22H20Cl2F3N3O4. The van der Waals surface area contributed by atoms with Crippen molar-refractivity contribution in [3.63, 3.8) is 0 Å². The number of halogens is 5. The number of alkyl halides is 3. The van der Waals surface area contributed by atoms with E-state index in [0.29, 0.717) is 52.7 Å². The molecule has 3 saturated carbocycles. The van der Waals surface area contributed by atoms with Gasteiger partial charge in [0.25, 0.3) is 5.91 Å². The van der Waals surface area contributed by atoms with Gasteiger partial charge in [-0.25, -0.2) is 0 Å². The summed E-state index contributed by atoms with van der Waals surface area (Å²) in [7, 11) is 0. The number of dihydropyridines is 1. The lowest BCUT2D eigenvalue weighted by atomic mass is 9.64. The fourth-order valence-electron chi connectivity index (χ4n) is 5.35. The molecule has 0 radical (unpaired) electrons. The minimum atomic E-state index is -4.76. The fraction of sp³-hybridized carbons (Fsp3) is 0.455. The van der Waals surface area contributed by atoms with Gasteiger partial charge in [-0.15, -0.1) is 13.2 Å². The Morgan fingerprint density at radius 1 is 1.18 bits per heavy atom. The molecule has 1 atom stereocenters. The van der Waals surface area contributed by atoms with Gasteiger partial charge in [0.15, 0.2) is 6.61 Å². The molecule has 1 aromatic rings. The molecule has 6 rings (SSSR count). The summed E-state index contributed by atoms with van der Waals surface area (Å²) in [5.41, 5.74) is -0.122. The van der Waals surface area contributed by atoms with Crippen molar-refractivity contribution < 1.29 is 32.2 Å². The number of amides is 2. The highest BCUT2D eigenvalue weighted by Gasteiger charge is 2.65. The first kappa shape index (κ1) is 23.2. The third kappa shape index (κ3) is 4.29. The standard InChI is InChI=1S/C22H20Cl2F3N3O4/c23-13-2-1-12(7-14(13)24)33-8-17(31)30-21-4-3-20(9-21,10-21)19(32)29-18-11-5-15(28-18)16(6-11)34-22(25,26)27/h1-2,6-7,18,28H,3-5,8-10H2,(H,29,32)(H,30,31). The van der Waals surface area contributed by atoms with E-state index in [1.807, 2.05) is 0 Å². The number of benzene rings is 1. The van der Waals surface area contributed by atoms with Crippen molar-refractivity contribution in [3.8, 4) is 5.75 Å². The molecule has 12 heteroatoms. The van der Waals surface area contributed by atoms with Crippen LogP contribution in [0, 0.1) is 5.41 Å². The van der Waals surface area contributed by atoms with Crippen LogP contribution in [-0.2, 0) is 14.3 Å². The molecule has 1 aromatic carbocycles. The molecule has 2 amide bonds. The monoisotopic (exact) mass is 517 g/mol. The maximum atomic E-state index is 13.0. The van der Waals surface area contributed by atoms with Crippen LogP contribution in [0.5, 0.6) is 5.75 Å². The summed E-state index contributed by atoms with van der Waals surface area (Å²) in [6, 6.07) is 4.71. The lowest BCUT2D eigenvalue weighted by molar-refractivity contribution is -0.303. The number of fused-ring (bicyclic) bond motifs is 3. The summed E-state index contributed by atoms with van der Waals surface area (Å²) in [4.78, 5) is 25.4. The third-order valence-corrected chi connectivity index (χ3v) is 7.51. The van der Waals surface area contributed by atoms with Crippen molar-refractivity contribution in [2.24, 2.45) is 5.41 Å². The predicted octanol–water partition coefficient (Wildman–Crippen LogP) is 3.92. The average molecular weight is 518 g/mol. The maximum Gasteiger partial charge on any atom is 0.573 e. The van der Waals surface area contributed by atoms with Crippen LogP contribution < -0.4 is 20.7 Å². The van der Waals surface area contributed by atoms with Crippen LogP contribution in [0.15, 0.2) is 41.3 Å². The first-order chi connectivity index (χ1) is 16.0.